The van der Waals surface area contributed by atoms with Crippen LogP contribution in [0.1, 0.15) is 44.7 Å². The second-order valence-electron chi connectivity index (χ2n) is 9.05. The van der Waals surface area contributed by atoms with Crippen molar-refractivity contribution < 1.29 is 35.1 Å². The van der Waals surface area contributed by atoms with E-state index in [-0.39, 0.29) is 23.0 Å². The molecule has 2 aromatic carbocycles. The van der Waals surface area contributed by atoms with E-state index in [0.717, 1.165) is 31.2 Å². The number of aromatic nitrogens is 1. The Balaban J connectivity index is 2.37. The van der Waals surface area contributed by atoms with Gasteiger partial charge in [-0.05, 0) is 42.2 Å². The summed E-state index contributed by atoms with van der Waals surface area (Å²) in [6.45, 7) is 6.63. The standard InChI is InChI=1S/C23H21F8N/c1-12(22(26,27)28)15-10-32(11-21(2,3)4)19-9-14(18(25)8-13(15)19)20-16(23(29,30)31)6-5-7-17(20)24/h5-10,12H,11H2,1-4H3/t12-/m0/s1. The third-order valence-corrected chi connectivity index (χ3v) is 5.19. The molecule has 0 fully saturated rings. The number of fused-ring (bicyclic) bond motifs is 1. The first-order chi connectivity index (χ1) is 14.5. The van der Waals surface area contributed by atoms with Crippen molar-refractivity contribution in [1.29, 1.82) is 0 Å². The molecule has 0 unspecified atom stereocenters. The Labute approximate surface area is 179 Å². The van der Waals surface area contributed by atoms with Crippen LogP contribution in [0.2, 0.25) is 0 Å². The van der Waals surface area contributed by atoms with Crippen molar-refractivity contribution in [3.8, 4) is 11.1 Å². The molecule has 0 saturated carbocycles. The quantitative estimate of drug-likeness (QED) is 0.344. The zero-order valence-electron chi connectivity index (χ0n) is 17.7. The van der Waals surface area contributed by atoms with Crippen molar-refractivity contribution in [3.63, 3.8) is 0 Å². The van der Waals surface area contributed by atoms with Gasteiger partial charge in [0.1, 0.15) is 11.6 Å². The highest BCUT2D eigenvalue weighted by Gasteiger charge is 2.40. The smallest absolute Gasteiger partial charge is 0.347 e. The number of hydrogen-bond acceptors (Lipinski definition) is 0. The molecule has 174 valence electrons. The van der Waals surface area contributed by atoms with Gasteiger partial charge in [0.15, 0.2) is 0 Å². The van der Waals surface area contributed by atoms with Crippen LogP contribution in [0.25, 0.3) is 22.0 Å². The average molecular weight is 463 g/mol. The first-order valence-electron chi connectivity index (χ1n) is 9.76. The van der Waals surface area contributed by atoms with Crippen LogP contribution in [0.4, 0.5) is 35.1 Å². The van der Waals surface area contributed by atoms with Gasteiger partial charge in [-0.25, -0.2) is 8.78 Å². The maximum Gasteiger partial charge on any atom is 0.417 e. The minimum Gasteiger partial charge on any atom is -0.347 e. The second-order valence-corrected chi connectivity index (χ2v) is 9.05. The zero-order valence-corrected chi connectivity index (χ0v) is 17.7. The predicted octanol–water partition coefficient (Wildman–Crippen LogP) is 8.32. The molecule has 32 heavy (non-hydrogen) atoms. The number of alkyl halides is 6. The lowest BCUT2D eigenvalue weighted by atomic mass is 9.94. The van der Waals surface area contributed by atoms with Gasteiger partial charge < -0.3 is 4.57 Å². The van der Waals surface area contributed by atoms with E-state index in [1.807, 2.05) is 20.8 Å². The molecule has 1 nitrogen and oxygen atoms in total. The Hall–Kier alpha value is -2.58. The van der Waals surface area contributed by atoms with Crippen LogP contribution in [-0.2, 0) is 12.7 Å². The lowest BCUT2D eigenvalue weighted by Crippen LogP contribution is -2.18. The number of benzene rings is 2. The fourth-order valence-corrected chi connectivity index (χ4v) is 3.73. The first-order valence-corrected chi connectivity index (χ1v) is 9.76. The topological polar surface area (TPSA) is 4.93 Å². The molecule has 1 atom stereocenters. The fraction of sp³-hybridized carbons (Fsp3) is 0.391. The van der Waals surface area contributed by atoms with Crippen molar-refractivity contribution in [2.75, 3.05) is 0 Å². The van der Waals surface area contributed by atoms with E-state index < -0.39 is 52.0 Å². The summed E-state index contributed by atoms with van der Waals surface area (Å²) in [6, 6.07) is 4.03. The third-order valence-electron chi connectivity index (χ3n) is 5.19. The molecule has 0 spiro atoms. The summed E-state index contributed by atoms with van der Waals surface area (Å²) in [7, 11) is 0. The molecule has 1 heterocycles. The van der Waals surface area contributed by atoms with Crippen LogP contribution in [0.3, 0.4) is 0 Å². The minimum atomic E-state index is -4.96. The van der Waals surface area contributed by atoms with Crippen LogP contribution >= 0.6 is 0 Å². The Morgan fingerprint density at radius 3 is 2.06 bits per heavy atom. The van der Waals surface area contributed by atoms with Gasteiger partial charge in [-0.1, -0.05) is 26.8 Å². The Kier molecular flexibility index (Phi) is 5.85. The summed E-state index contributed by atoms with van der Waals surface area (Å²) < 4.78 is 112. The van der Waals surface area contributed by atoms with E-state index in [4.69, 9.17) is 0 Å². The highest BCUT2D eigenvalue weighted by Crippen LogP contribution is 2.43. The predicted molar refractivity (Wildman–Crippen MR) is 106 cm³/mol. The zero-order chi connectivity index (χ0) is 24.2. The molecule has 0 radical (unpaired) electrons. The van der Waals surface area contributed by atoms with E-state index >= 15 is 4.39 Å². The lowest BCUT2D eigenvalue weighted by molar-refractivity contribution is -0.146. The maximum absolute atomic E-state index is 15.0. The summed E-state index contributed by atoms with van der Waals surface area (Å²) in [6.07, 6.45) is -8.32. The van der Waals surface area contributed by atoms with Crippen LogP contribution in [0.15, 0.2) is 36.5 Å². The van der Waals surface area contributed by atoms with Gasteiger partial charge in [-0.3, -0.25) is 0 Å². The van der Waals surface area contributed by atoms with E-state index in [9.17, 15) is 30.7 Å². The van der Waals surface area contributed by atoms with Gasteiger partial charge in [0.2, 0.25) is 0 Å². The summed E-state index contributed by atoms with van der Waals surface area (Å²) in [5.41, 5.74) is -3.52. The third kappa shape index (κ3) is 4.61. The van der Waals surface area contributed by atoms with Gasteiger partial charge >= 0.3 is 12.4 Å². The van der Waals surface area contributed by atoms with Crippen molar-refractivity contribution in [2.24, 2.45) is 5.41 Å². The summed E-state index contributed by atoms with van der Waals surface area (Å²) in [5.74, 6) is -4.45. The minimum absolute atomic E-state index is 0.0785. The van der Waals surface area contributed by atoms with Crippen molar-refractivity contribution in [3.05, 3.63) is 59.3 Å². The summed E-state index contributed by atoms with van der Waals surface area (Å²) in [4.78, 5) is 0. The number of nitrogens with zero attached hydrogens (tertiary/aromatic N) is 1. The van der Waals surface area contributed by atoms with Crippen LogP contribution < -0.4 is 0 Å². The van der Waals surface area contributed by atoms with E-state index in [2.05, 4.69) is 0 Å². The molecule has 3 aromatic rings. The van der Waals surface area contributed by atoms with Crippen molar-refractivity contribution in [1.82, 2.24) is 4.57 Å². The number of halogens is 8. The van der Waals surface area contributed by atoms with Gasteiger partial charge in [0.05, 0.1) is 11.5 Å². The Bertz CT molecular complexity index is 1150. The monoisotopic (exact) mass is 463 g/mol. The van der Waals surface area contributed by atoms with E-state index in [1.165, 1.54) is 10.8 Å². The summed E-state index contributed by atoms with van der Waals surface area (Å²) in [5, 5.41) is -0.0785. The number of hydrogen-bond donors (Lipinski definition) is 0. The Morgan fingerprint density at radius 1 is 0.906 bits per heavy atom. The molecule has 0 bridgehead atoms. The van der Waals surface area contributed by atoms with Crippen molar-refractivity contribution >= 4 is 10.9 Å². The first kappa shape index (κ1) is 24.1. The fourth-order valence-electron chi connectivity index (χ4n) is 3.73. The average Bonchev–Trinajstić information content (AvgIpc) is 2.94. The molecular formula is C23H21F8N. The van der Waals surface area contributed by atoms with Crippen LogP contribution in [-0.4, -0.2) is 10.7 Å². The summed E-state index contributed by atoms with van der Waals surface area (Å²) >= 11 is 0. The van der Waals surface area contributed by atoms with Gasteiger partial charge in [0, 0.05) is 34.8 Å². The molecule has 0 aliphatic rings. The molecule has 3 rings (SSSR count). The normalized spacial score (nSPS) is 14.2. The number of rotatable bonds is 3. The molecule has 9 heteroatoms. The van der Waals surface area contributed by atoms with Gasteiger partial charge in [-0.15, -0.1) is 0 Å². The largest absolute Gasteiger partial charge is 0.417 e. The highest BCUT2D eigenvalue weighted by molar-refractivity contribution is 5.90. The van der Waals surface area contributed by atoms with E-state index in [1.54, 1.807) is 0 Å². The van der Waals surface area contributed by atoms with Crippen LogP contribution in [0, 0.1) is 17.0 Å². The molecule has 1 aromatic heterocycles. The van der Waals surface area contributed by atoms with Crippen molar-refractivity contribution in [2.45, 2.75) is 52.5 Å². The molecular weight excluding hydrogens is 442 g/mol. The maximum atomic E-state index is 15.0. The second kappa shape index (κ2) is 7.78. The van der Waals surface area contributed by atoms with Crippen LogP contribution in [0.5, 0.6) is 0 Å². The molecule has 0 N–H and O–H groups in total. The molecule has 0 aliphatic heterocycles. The van der Waals surface area contributed by atoms with E-state index in [0.29, 0.717) is 6.07 Å². The highest BCUT2D eigenvalue weighted by atomic mass is 19.4. The van der Waals surface area contributed by atoms with Gasteiger partial charge in [0.25, 0.3) is 0 Å². The van der Waals surface area contributed by atoms with Gasteiger partial charge in [-0.2, -0.15) is 26.3 Å². The molecule has 0 amide bonds. The molecule has 0 saturated heterocycles. The Morgan fingerprint density at radius 2 is 1.53 bits per heavy atom. The SMILES string of the molecule is C[C@@H](c1cn(CC(C)(C)C)c2cc(-c3c(F)cccc3C(F)(F)F)c(F)cc12)C(F)(F)F. The molecule has 0 aliphatic carbocycles. The lowest BCUT2D eigenvalue weighted by Gasteiger charge is -2.20.